The third kappa shape index (κ3) is 2.91. The molecule has 2 aromatic heterocycles. The van der Waals surface area contributed by atoms with E-state index in [0.29, 0.717) is 5.82 Å². The van der Waals surface area contributed by atoms with Gasteiger partial charge in [-0.2, -0.15) is 0 Å². The van der Waals surface area contributed by atoms with E-state index in [-0.39, 0.29) is 0 Å². The van der Waals surface area contributed by atoms with Crippen LogP contribution in [0.5, 0.6) is 0 Å². The molecule has 0 saturated carbocycles. The highest BCUT2D eigenvalue weighted by Crippen LogP contribution is 2.19. The Morgan fingerprint density at radius 2 is 2.06 bits per heavy atom. The molecule has 17 heavy (non-hydrogen) atoms. The van der Waals surface area contributed by atoms with E-state index in [4.69, 9.17) is 0 Å². The fourth-order valence-corrected chi connectivity index (χ4v) is 1.83. The predicted molar refractivity (Wildman–Crippen MR) is 76.9 cm³/mol. The highest BCUT2D eigenvalue weighted by atomic mass is 127. The van der Waals surface area contributed by atoms with E-state index in [1.165, 1.54) is 0 Å². The van der Waals surface area contributed by atoms with Gasteiger partial charge in [-0.05, 0) is 48.1 Å². The average Bonchev–Trinajstić information content (AvgIpc) is 2.33. The van der Waals surface area contributed by atoms with Crippen LogP contribution in [0.3, 0.4) is 0 Å². The molecule has 0 atom stereocenters. The van der Waals surface area contributed by atoms with Gasteiger partial charge in [0, 0.05) is 18.9 Å². The monoisotopic (exact) mass is 340 g/mol. The van der Waals surface area contributed by atoms with Gasteiger partial charge in [0.25, 0.3) is 0 Å². The van der Waals surface area contributed by atoms with Gasteiger partial charge in [-0.25, -0.2) is 9.97 Å². The molecule has 0 amide bonds. The largest absolute Gasteiger partial charge is 0.369 e. The lowest BCUT2D eigenvalue weighted by Crippen LogP contribution is -2.04. The van der Waals surface area contributed by atoms with Crippen LogP contribution in [0.2, 0.25) is 0 Å². The number of nitrogens with one attached hydrogen (secondary N) is 1. The zero-order chi connectivity index (χ0) is 12.3. The first kappa shape index (κ1) is 12.2. The Bertz CT molecular complexity index is 510. The topological polar surface area (TPSA) is 50.7 Å². The molecule has 0 bridgehead atoms. The fraction of sp³-hybridized carbons (Fsp3) is 0.250. The molecule has 2 rings (SSSR count). The van der Waals surface area contributed by atoms with Crippen molar-refractivity contribution in [2.24, 2.45) is 0 Å². The maximum absolute atomic E-state index is 4.47. The third-order valence-electron chi connectivity index (χ3n) is 2.23. The minimum absolute atomic E-state index is 0.654. The van der Waals surface area contributed by atoms with Crippen molar-refractivity contribution in [3.63, 3.8) is 0 Å². The molecule has 0 fully saturated rings. The summed E-state index contributed by atoms with van der Waals surface area (Å²) in [5.41, 5.74) is 1.93. The molecule has 0 aliphatic carbocycles. The SMILES string of the molecule is CCNc1nc(-c2ccc(C)cn2)ncc1I. The number of anilines is 1. The summed E-state index contributed by atoms with van der Waals surface area (Å²) < 4.78 is 1.01. The van der Waals surface area contributed by atoms with Crippen molar-refractivity contribution in [1.82, 2.24) is 15.0 Å². The Balaban J connectivity index is 2.39. The molecule has 2 aromatic rings. The van der Waals surface area contributed by atoms with Gasteiger partial charge in [0.05, 0.1) is 3.57 Å². The van der Waals surface area contributed by atoms with E-state index in [9.17, 15) is 0 Å². The number of halogens is 1. The van der Waals surface area contributed by atoms with Crippen LogP contribution in [0, 0.1) is 10.5 Å². The van der Waals surface area contributed by atoms with Crippen molar-refractivity contribution in [2.75, 3.05) is 11.9 Å². The number of hydrogen-bond acceptors (Lipinski definition) is 4. The molecular weight excluding hydrogens is 327 g/mol. The van der Waals surface area contributed by atoms with Crippen LogP contribution in [-0.2, 0) is 0 Å². The van der Waals surface area contributed by atoms with Crippen molar-refractivity contribution >= 4 is 28.4 Å². The van der Waals surface area contributed by atoms with Crippen LogP contribution in [0.4, 0.5) is 5.82 Å². The number of hydrogen-bond donors (Lipinski definition) is 1. The molecule has 1 N–H and O–H groups in total. The van der Waals surface area contributed by atoms with E-state index in [2.05, 4.69) is 42.9 Å². The first-order valence-electron chi connectivity index (χ1n) is 5.40. The van der Waals surface area contributed by atoms with Gasteiger partial charge in [0.1, 0.15) is 11.5 Å². The Hall–Kier alpha value is -1.24. The summed E-state index contributed by atoms with van der Waals surface area (Å²) in [5.74, 6) is 1.52. The minimum atomic E-state index is 0.654. The Labute approximate surface area is 114 Å². The summed E-state index contributed by atoms with van der Waals surface area (Å²) in [5, 5.41) is 3.21. The summed E-state index contributed by atoms with van der Waals surface area (Å²) in [6, 6.07) is 3.95. The fourth-order valence-electron chi connectivity index (χ4n) is 1.38. The van der Waals surface area contributed by atoms with Crippen molar-refractivity contribution in [3.8, 4) is 11.5 Å². The lowest BCUT2D eigenvalue weighted by Gasteiger charge is -2.06. The van der Waals surface area contributed by atoms with Gasteiger partial charge in [0.2, 0.25) is 0 Å². The minimum Gasteiger partial charge on any atom is -0.369 e. The molecule has 5 heteroatoms. The average molecular weight is 340 g/mol. The van der Waals surface area contributed by atoms with Gasteiger partial charge in [-0.3, -0.25) is 4.98 Å². The molecule has 0 radical (unpaired) electrons. The smallest absolute Gasteiger partial charge is 0.180 e. The summed E-state index contributed by atoms with van der Waals surface area (Å²) in [4.78, 5) is 13.1. The Morgan fingerprint density at radius 1 is 1.24 bits per heavy atom. The lowest BCUT2D eigenvalue weighted by molar-refractivity contribution is 1.09. The zero-order valence-electron chi connectivity index (χ0n) is 9.74. The van der Waals surface area contributed by atoms with Crippen LogP contribution < -0.4 is 5.32 Å². The van der Waals surface area contributed by atoms with Gasteiger partial charge in [-0.15, -0.1) is 0 Å². The second-order valence-electron chi connectivity index (χ2n) is 3.64. The maximum atomic E-state index is 4.47. The first-order chi connectivity index (χ1) is 8.20. The summed E-state index contributed by atoms with van der Waals surface area (Å²) >= 11 is 2.22. The van der Waals surface area contributed by atoms with Crippen LogP contribution >= 0.6 is 22.6 Å². The van der Waals surface area contributed by atoms with Crippen LogP contribution in [0.25, 0.3) is 11.5 Å². The predicted octanol–water partition coefficient (Wildman–Crippen LogP) is 2.88. The number of aromatic nitrogens is 3. The first-order valence-corrected chi connectivity index (χ1v) is 6.48. The maximum Gasteiger partial charge on any atom is 0.180 e. The molecule has 0 aliphatic rings. The molecule has 88 valence electrons. The number of rotatable bonds is 3. The second kappa shape index (κ2) is 5.39. The van der Waals surface area contributed by atoms with Gasteiger partial charge >= 0.3 is 0 Å². The number of pyridine rings is 1. The number of aryl methyl sites for hydroxylation is 1. The van der Waals surface area contributed by atoms with Crippen LogP contribution in [0.1, 0.15) is 12.5 Å². The molecule has 0 unspecified atom stereocenters. The quantitative estimate of drug-likeness (QED) is 0.873. The van der Waals surface area contributed by atoms with E-state index in [1.54, 1.807) is 0 Å². The number of nitrogens with zero attached hydrogens (tertiary/aromatic N) is 3. The second-order valence-corrected chi connectivity index (χ2v) is 4.80. The van der Waals surface area contributed by atoms with Crippen molar-refractivity contribution in [3.05, 3.63) is 33.7 Å². The summed E-state index contributed by atoms with van der Waals surface area (Å²) in [7, 11) is 0. The van der Waals surface area contributed by atoms with Crippen LogP contribution in [0.15, 0.2) is 24.5 Å². The summed E-state index contributed by atoms with van der Waals surface area (Å²) in [6.45, 7) is 4.89. The lowest BCUT2D eigenvalue weighted by atomic mass is 10.2. The zero-order valence-corrected chi connectivity index (χ0v) is 11.9. The van der Waals surface area contributed by atoms with Crippen LogP contribution in [-0.4, -0.2) is 21.5 Å². The molecule has 2 heterocycles. The normalized spacial score (nSPS) is 10.3. The van der Waals surface area contributed by atoms with E-state index in [1.807, 2.05) is 38.4 Å². The molecule has 0 saturated heterocycles. The summed E-state index contributed by atoms with van der Waals surface area (Å²) in [6.07, 6.45) is 3.63. The van der Waals surface area contributed by atoms with Gasteiger partial charge in [-0.1, -0.05) is 6.07 Å². The highest BCUT2D eigenvalue weighted by Gasteiger charge is 2.06. The van der Waals surface area contributed by atoms with E-state index in [0.717, 1.165) is 27.2 Å². The van der Waals surface area contributed by atoms with E-state index >= 15 is 0 Å². The Kier molecular flexibility index (Phi) is 3.88. The van der Waals surface area contributed by atoms with Crippen molar-refractivity contribution in [1.29, 1.82) is 0 Å². The molecule has 0 aliphatic heterocycles. The van der Waals surface area contributed by atoms with Crippen molar-refractivity contribution < 1.29 is 0 Å². The highest BCUT2D eigenvalue weighted by molar-refractivity contribution is 14.1. The molecular formula is C12H13IN4. The standard InChI is InChI=1S/C12H13IN4/c1-3-14-11-9(13)7-16-12(17-11)10-5-4-8(2)6-15-10/h4-7H,3H2,1-2H3,(H,14,16,17). The van der Waals surface area contributed by atoms with Gasteiger partial charge < -0.3 is 5.32 Å². The van der Waals surface area contributed by atoms with E-state index < -0.39 is 0 Å². The van der Waals surface area contributed by atoms with Crippen molar-refractivity contribution in [2.45, 2.75) is 13.8 Å². The molecule has 4 nitrogen and oxygen atoms in total. The molecule has 0 aromatic carbocycles. The molecule has 0 spiro atoms. The van der Waals surface area contributed by atoms with Gasteiger partial charge in [0.15, 0.2) is 5.82 Å². The third-order valence-corrected chi connectivity index (χ3v) is 3.02. The Morgan fingerprint density at radius 3 is 2.71 bits per heavy atom.